The summed E-state index contributed by atoms with van der Waals surface area (Å²) in [4.78, 5) is 0. The second-order valence-corrected chi connectivity index (χ2v) is 3.59. The summed E-state index contributed by atoms with van der Waals surface area (Å²) >= 11 is 0. The van der Waals surface area contributed by atoms with Gasteiger partial charge in [-0.2, -0.15) is 0 Å². The van der Waals surface area contributed by atoms with Gasteiger partial charge in [0.2, 0.25) is 0 Å². The first-order valence-electron chi connectivity index (χ1n) is 4.69. The Morgan fingerprint density at radius 2 is 2.00 bits per heavy atom. The molecule has 0 aliphatic heterocycles. The van der Waals surface area contributed by atoms with Crippen LogP contribution in [-0.4, -0.2) is 12.1 Å². The Morgan fingerprint density at radius 1 is 1.36 bits per heavy atom. The van der Waals surface area contributed by atoms with E-state index in [0.717, 1.165) is 5.56 Å². The van der Waals surface area contributed by atoms with Crippen molar-refractivity contribution in [3.63, 3.8) is 0 Å². The molecule has 2 atom stereocenters. The lowest BCUT2D eigenvalue weighted by atomic mass is 10.2. The quantitative estimate of drug-likeness (QED) is 0.806. The fourth-order valence-electron chi connectivity index (χ4n) is 1.01. The Bertz CT molecular complexity index is 312. The Labute approximate surface area is 83.9 Å². The zero-order valence-electron chi connectivity index (χ0n) is 8.75. The molecule has 0 radical (unpaired) electrons. The Kier molecular flexibility index (Phi) is 3.47. The molecular weight excluding hydrogens is 181 g/mol. The first kappa shape index (κ1) is 11.0. The zero-order valence-corrected chi connectivity index (χ0v) is 8.75. The molecule has 0 saturated carbocycles. The molecule has 14 heavy (non-hydrogen) atoms. The van der Waals surface area contributed by atoms with Crippen LogP contribution in [0.2, 0.25) is 0 Å². The number of benzene rings is 1. The van der Waals surface area contributed by atoms with Gasteiger partial charge in [0.05, 0.1) is 0 Å². The molecule has 0 bridgehead atoms. The maximum Gasteiger partial charge on any atom is 0.126 e. The van der Waals surface area contributed by atoms with Crippen LogP contribution in [0.25, 0.3) is 0 Å². The number of halogens is 1. The summed E-state index contributed by atoms with van der Waals surface area (Å²) in [5.74, 6) is 0.275. The Balaban J connectivity index is 2.80. The van der Waals surface area contributed by atoms with Gasteiger partial charge in [-0.15, -0.1) is 0 Å². The number of nitrogens with two attached hydrogens (primary N) is 1. The molecule has 1 rings (SSSR count). The predicted molar refractivity (Wildman–Crippen MR) is 54.9 cm³/mol. The number of ether oxygens (including phenoxy) is 1. The Hall–Kier alpha value is -1.09. The van der Waals surface area contributed by atoms with Crippen LogP contribution in [0.15, 0.2) is 18.2 Å². The Morgan fingerprint density at radius 3 is 2.57 bits per heavy atom. The standard InChI is InChI=1S/C11H16FNO/c1-7-4-5-10(12)6-11(7)14-9(3)8(2)13/h4-6,8-9H,13H2,1-3H3/t8-,9?/m1/s1. The summed E-state index contributed by atoms with van der Waals surface area (Å²) in [6.45, 7) is 5.61. The molecule has 0 saturated heterocycles. The van der Waals surface area contributed by atoms with Crippen molar-refractivity contribution in [2.24, 2.45) is 5.73 Å². The first-order chi connectivity index (χ1) is 6.50. The number of hydrogen-bond donors (Lipinski definition) is 1. The highest BCUT2D eigenvalue weighted by Gasteiger charge is 2.10. The smallest absolute Gasteiger partial charge is 0.126 e. The molecule has 0 aliphatic carbocycles. The minimum absolute atomic E-state index is 0.0716. The molecule has 0 amide bonds. The van der Waals surface area contributed by atoms with Gasteiger partial charge in [0.25, 0.3) is 0 Å². The van der Waals surface area contributed by atoms with Crippen molar-refractivity contribution in [3.8, 4) is 5.75 Å². The van der Waals surface area contributed by atoms with Crippen molar-refractivity contribution in [1.29, 1.82) is 0 Å². The average molecular weight is 197 g/mol. The molecule has 2 N–H and O–H groups in total. The van der Waals surface area contributed by atoms with Crippen molar-refractivity contribution in [2.75, 3.05) is 0 Å². The van der Waals surface area contributed by atoms with E-state index >= 15 is 0 Å². The van der Waals surface area contributed by atoms with E-state index in [-0.39, 0.29) is 18.0 Å². The molecule has 0 aliphatic rings. The van der Waals surface area contributed by atoms with Crippen LogP contribution < -0.4 is 10.5 Å². The third kappa shape index (κ3) is 2.70. The SMILES string of the molecule is Cc1ccc(F)cc1OC(C)[C@@H](C)N. The largest absolute Gasteiger partial charge is 0.489 e. The molecule has 0 spiro atoms. The van der Waals surface area contributed by atoms with E-state index in [0.29, 0.717) is 5.75 Å². The maximum absolute atomic E-state index is 12.9. The number of rotatable bonds is 3. The lowest BCUT2D eigenvalue weighted by Crippen LogP contribution is -2.33. The fraction of sp³-hybridized carbons (Fsp3) is 0.455. The van der Waals surface area contributed by atoms with Gasteiger partial charge in [-0.05, 0) is 32.4 Å². The first-order valence-corrected chi connectivity index (χ1v) is 4.69. The third-order valence-corrected chi connectivity index (χ3v) is 2.20. The van der Waals surface area contributed by atoms with Crippen LogP contribution in [0.1, 0.15) is 19.4 Å². The molecule has 0 fully saturated rings. The topological polar surface area (TPSA) is 35.2 Å². The molecule has 3 heteroatoms. The molecular formula is C11H16FNO. The summed E-state index contributed by atoms with van der Waals surface area (Å²) in [5.41, 5.74) is 6.57. The van der Waals surface area contributed by atoms with E-state index in [1.807, 2.05) is 20.8 Å². The van der Waals surface area contributed by atoms with Crippen LogP contribution in [0.4, 0.5) is 4.39 Å². The van der Waals surface area contributed by atoms with Crippen molar-refractivity contribution < 1.29 is 9.13 Å². The summed E-state index contributed by atoms with van der Waals surface area (Å²) in [6.07, 6.45) is -0.115. The second-order valence-electron chi connectivity index (χ2n) is 3.59. The summed E-state index contributed by atoms with van der Waals surface area (Å²) < 4.78 is 18.4. The van der Waals surface area contributed by atoms with E-state index < -0.39 is 0 Å². The number of aryl methyl sites for hydroxylation is 1. The minimum atomic E-state index is -0.289. The average Bonchev–Trinajstić information content (AvgIpc) is 2.11. The van der Waals surface area contributed by atoms with Crippen molar-refractivity contribution in [1.82, 2.24) is 0 Å². The molecule has 0 aromatic heterocycles. The normalized spacial score (nSPS) is 14.9. The third-order valence-electron chi connectivity index (χ3n) is 2.20. The van der Waals surface area contributed by atoms with Crippen LogP contribution in [-0.2, 0) is 0 Å². The minimum Gasteiger partial charge on any atom is -0.489 e. The lowest BCUT2D eigenvalue weighted by Gasteiger charge is -2.19. The van der Waals surface area contributed by atoms with Gasteiger partial charge in [-0.1, -0.05) is 6.07 Å². The van der Waals surface area contributed by atoms with E-state index in [9.17, 15) is 4.39 Å². The number of hydrogen-bond acceptors (Lipinski definition) is 2. The summed E-state index contributed by atoms with van der Waals surface area (Å²) in [6, 6.07) is 4.42. The van der Waals surface area contributed by atoms with Crippen molar-refractivity contribution in [2.45, 2.75) is 32.9 Å². The molecule has 2 nitrogen and oxygen atoms in total. The van der Waals surface area contributed by atoms with Gasteiger partial charge in [0.15, 0.2) is 0 Å². The van der Waals surface area contributed by atoms with Gasteiger partial charge < -0.3 is 10.5 Å². The molecule has 1 unspecified atom stereocenters. The highest BCUT2D eigenvalue weighted by molar-refractivity contribution is 5.32. The van der Waals surface area contributed by atoms with Crippen LogP contribution in [0, 0.1) is 12.7 Å². The van der Waals surface area contributed by atoms with Gasteiger partial charge >= 0.3 is 0 Å². The van der Waals surface area contributed by atoms with Gasteiger partial charge in [-0.3, -0.25) is 0 Å². The molecule has 0 heterocycles. The van der Waals surface area contributed by atoms with E-state index in [1.54, 1.807) is 6.07 Å². The predicted octanol–water partition coefficient (Wildman–Crippen LogP) is 2.25. The van der Waals surface area contributed by atoms with Crippen LogP contribution >= 0.6 is 0 Å². The van der Waals surface area contributed by atoms with Gasteiger partial charge in [0.1, 0.15) is 17.7 Å². The monoisotopic (exact) mass is 197 g/mol. The van der Waals surface area contributed by atoms with E-state index in [2.05, 4.69) is 0 Å². The summed E-state index contributed by atoms with van der Waals surface area (Å²) in [5, 5.41) is 0. The van der Waals surface area contributed by atoms with Crippen molar-refractivity contribution >= 4 is 0 Å². The molecule has 1 aromatic carbocycles. The van der Waals surface area contributed by atoms with Crippen LogP contribution in [0.5, 0.6) is 5.75 Å². The molecule has 1 aromatic rings. The van der Waals surface area contributed by atoms with E-state index in [1.165, 1.54) is 12.1 Å². The van der Waals surface area contributed by atoms with E-state index in [4.69, 9.17) is 10.5 Å². The van der Waals surface area contributed by atoms with Crippen LogP contribution in [0.3, 0.4) is 0 Å². The van der Waals surface area contributed by atoms with Gasteiger partial charge in [-0.25, -0.2) is 4.39 Å². The summed E-state index contributed by atoms with van der Waals surface area (Å²) in [7, 11) is 0. The fourth-order valence-corrected chi connectivity index (χ4v) is 1.01. The van der Waals surface area contributed by atoms with Crippen molar-refractivity contribution in [3.05, 3.63) is 29.6 Å². The second kappa shape index (κ2) is 4.42. The van der Waals surface area contributed by atoms with Gasteiger partial charge in [0, 0.05) is 12.1 Å². The lowest BCUT2D eigenvalue weighted by molar-refractivity contribution is 0.194. The maximum atomic E-state index is 12.9. The zero-order chi connectivity index (χ0) is 10.7. The molecule has 78 valence electrons. The highest BCUT2D eigenvalue weighted by atomic mass is 19.1. The highest BCUT2D eigenvalue weighted by Crippen LogP contribution is 2.20.